The summed E-state index contributed by atoms with van der Waals surface area (Å²) in [7, 11) is 0. The molecule has 3 rings (SSSR count). The molecule has 1 atom stereocenters. The minimum atomic E-state index is -0.505. The molecule has 1 fully saturated rings. The Hall–Kier alpha value is -1.91. The molecule has 110 valence electrons. The average Bonchev–Trinajstić information content (AvgIpc) is 2.57. The van der Waals surface area contributed by atoms with Crippen LogP contribution in [0, 0.1) is 0 Å². The monoisotopic (exact) mass is 283 g/mol. The highest BCUT2D eigenvalue weighted by molar-refractivity contribution is 5.46. The molecule has 1 aromatic carbocycles. The number of piperazine rings is 1. The van der Waals surface area contributed by atoms with E-state index in [0.717, 1.165) is 31.9 Å². The number of pyridine rings is 1. The zero-order chi connectivity index (χ0) is 14.5. The van der Waals surface area contributed by atoms with E-state index in [1.165, 1.54) is 5.69 Å². The molecule has 4 nitrogen and oxygen atoms in total. The number of aliphatic hydroxyl groups excluding tert-OH is 1. The lowest BCUT2D eigenvalue weighted by Gasteiger charge is -2.36. The first-order valence-electron chi connectivity index (χ1n) is 7.44. The Bertz CT molecular complexity index is 538. The molecular formula is C17H21N3O. The molecule has 1 aliphatic heterocycles. The Kier molecular flexibility index (Phi) is 4.48. The minimum Gasteiger partial charge on any atom is -0.385 e. The van der Waals surface area contributed by atoms with Gasteiger partial charge in [-0.3, -0.25) is 9.88 Å². The van der Waals surface area contributed by atoms with Gasteiger partial charge in [0.25, 0.3) is 0 Å². The van der Waals surface area contributed by atoms with E-state index in [0.29, 0.717) is 6.54 Å². The van der Waals surface area contributed by atoms with Crippen molar-refractivity contribution >= 4 is 5.69 Å². The number of β-amino-alcohol motifs (C(OH)–C–C–N with tert-alkyl or cyclic N) is 1. The Morgan fingerprint density at radius 1 is 0.952 bits per heavy atom. The third kappa shape index (κ3) is 3.60. The molecule has 2 heterocycles. The van der Waals surface area contributed by atoms with E-state index in [-0.39, 0.29) is 0 Å². The van der Waals surface area contributed by atoms with Crippen molar-refractivity contribution in [3.63, 3.8) is 0 Å². The molecule has 0 aliphatic carbocycles. The van der Waals surface area contributed by atoms with Crippen LogP contribution in [0.25, 0.3) is 0 Å². The summed E-state index contributed by atoms with van der Waals surface area (Å²) in [6, 6.07) is 16.2. The number of aromatic nitrogens is 1. The van der Waals surface area contributed by atoms with Crippen molar-refractivity contribution in [3.05, 3.63) is 60.4 Å². The summed E-state index contributed by atoms with van der Waals surface area (Å²) < 4.78 is 0. The van der Waals surface area contributed by atoms with Gasteiger partial charge in [-0.25, -0.2) is 0 Å². The molecule has 0 bridgehead atoms. The van der Waals surface area contributed by atoms with Crippen molar-refractivity contribution in [3.8, 4) is 0 Å². The number of hydrogen-bond acceptors (Lipinski definition) is 4. The van der Waals surface area contributed by atoms with Crippen LogP contribution >= 0.6 is 0 Å². The third-order valence-corrected chi connectivity index (χ3v) is 3.95. The van der Waals surface area contributed by atoms with Gasteiger partial charge in [0.15, 0.2) is 0 Å². The van der Waals surface area contributed by atoms with Crippen LogP contribution in [0.4, 0.5) is 5.69 Å². The van der Waals surface area contributed by atoms with Gasteiger partial charge in [-0.15, -0.1) is 0 Å². The van der Waals surface area contributed by atoms with Gasteiger partial charge in [-0.1, -0.05) is 24.3 Å². The third-order valence-electron chi connectivity index (χ3n) is 3.95. The summed E-state index contributed by atoms with van der Waals surface area (Å²) in [5.41, 5.74) is 2.03. The molecule has 0 amide bonds. The lowest BCUT2D eigenvalue weighted by atomic mass is 10.2. The second-order valence-electron chi connectivity index (χ2n) is 5.39. The van der Waals surface area contributed by atoms with Crippen molar-refractivity contribution in [2.75, 3.05) is 37.6 Å². The Balaban J connectivity index is 1.52. The van der Waals surface area contributed by atoms with Crippen LogP contribution in [-0.2, 0) is 0 Å². The van der Waals surface area contributed by atoms with Crippen LogP contribution in [-0.4, -0.2) is 47.7 Å². The molecule has 1 N–H and O–H groups in total. The van der Waals surface area contributed by atoms with Gasteiger partial charge in [0, 0.05) is 44.6 Å². The highest BCUT2D eigenvalue weighted by Gasteiger charge is 2.20. The fourth-order valence-electron chi connectivity index (χ4n) is 2.74. The Morgan fingerprint density at radius 3 is 2.33 bits per heavy atom. The summed E-state index contributed by atoms with van der Waals surface area (Å²) in [6.45, 7) is 4.59. The molecular weight excluding hydrogens is 262 g/mol. The summed E-state index contributed by atoms with van der Waals surface area (Å²) in [6.07, 6.45) is 1.22. The number of hydrogen-bond donors (Lipinski definition) is 1. The van der Waals surface area contributed by atoms with Crippen LogP contribution in [0.3, 0.4) is 0 Å². The molecule has 0 radical (unpaired) electrons. The molecule has 2 aromatic rings. The maximum Gasteiger partial charge on any atom is 0.109 e. The maximum atomic E-state index is 10.2. The number of nitrogens with zero attached hydrogens (tertiary/aromatic N) is 3. The first-order valence-corrected chi connectivity index (χ1v) is 7.44. The quantitative estimate of drug-likeness (QED) is 0.931. The largest absolute Gasteiger partial charge is 0.385 e. The lowest BCUT2D eigenvalue weighted by molar-refractivity contribution is 0.106. The van der Waals surface area contributed by atoms with Gasteiger partial charge in [0.05, 0.1) is 5.69 Å². The van der Waals surface area contributed by atoms with Crippen molar-refractivity contribution in [2.24, 2.45) is 0 Å². The van der Waals surface area contributed by atoms with E-state index in [1.54, 1.807) is 6.20 Å². The minimum absolute atomic E-state index is 0.505. The fraction of sp³-hybridized carbons (Fsp3) is 0.353. The number of para-hydroxylation sites is 1. The Labute approximate surface area is 125 Å². The predicted molar refractivity (Wildman–Crippen MR) is 84.3 cm³/mol. The lowest BCUT2D eigenvalue weighted by Crippen LogP contribution is -2.47. The number of aliphatic hydroxyl groups is 1. The summed E-state index contributed by atoms with van der Waals surface area (Å²) >= 11 is 0. The maximum absolute atomic E-state index is 10.2. The van der Waals surface area contributed by atoms with Crippen molar-refractivity contribution in [2.45, 2.75) is 6.10 Å². The van der Waals surface area contributed by atoms with Gasteiger partial charge < -0.3 is 10.0 Å². The highest BCUT2D eigenvalue weighted by Crippen LogP contribution is 2.17. The average molecular weight is 283 g/mol. The molecule has 21 heavy (non-hydrogen) atoms. The van der Waals surface area contributed by atoms with Crippen molar-refractivity contribution in [1.29, 1.82) is 0 Å². The SMILES string of the molecule is OC(CN1CCN(c2ccccc2)CC1)c1ccccn1. The highest BCUT2D eigenvalue weighted by atomic mass is 16.3. The van der Waals surface area contributed by atoms with Gasteiger partial charge in [-0.2, -0.15) is 0 Å². The molecule has 4 heteroatoms. The number of benzene rings is 1. The summed E-state index contributed by atoms with van der Waals surface area (Å²) in [4.78, 5) is 8.92. The van der Waals surface area contributed by atoms with Crippen LogP contribution in [0.5, 0.6) is 0 Å². The predicted octanol–water partition coefficient (Wildman–Crippen LogP) is 1.94. The smallest absolute Gasteiger partial charge is 0.109 e. The van der Waals surface area contributed by atoms with Crippen LogP contribution in [0.1, 0.15) is 11.8 Å². The first-order chi connectivity index (χ1) is 10.3. The molecule has 1 saturated heterocycles. The summed E-state index contributed by atoms with van der Waals surface area (Å²) in [5.74, 6) is 0. The fourth-order valence-corrected chi connectivity index (χ4v) is 2.74. The molecule has 1 unspecified atom stereocenters. The topological polar surface area (TPSA) is 39.6 Å². The first kappa shape index (κ1) is 14.0. The van der Waals surface area contributed by atoms with E-state index < -0.39 is 6.10 Å². The standard InChI is InChI=1S/C17H21N3O/c21-17(16-8-4-5-9-18-16)14-19-10-12-20(13-11-19)15-6-2-1-3-7-15/h1-9,17,21H,10-14H2. The van der Waals surface area contributed by atoms with Gasteiger partial charge in [0.2, 0.25) is 0 Å². The van der Waals surface area contributed by atoms with Gasteiger partial charge >= 0.3 is 0 Å². The van der Waals surface area contributed by atoms with E-state index in [2.05, 4.69) is 39.0 Å². The van der Waals surface area contributed by atoms with Crippen LogP contribution < -0.4 is 4.90 Å². The Morgan fingerprint density at radius 2 is 1.67 bits per heavy atom. The second-order valence-corrected chi connectivity index (χ2v) is 5.39. The molecule has 0 spiro atoms. The zero-order valence-corrected chi connectivity index (χ0v) is 12.1. The van der Waals surface area contributed by atoms with E-state index >= 15 is 0 Å². The van der Waals surface area contributed by atoms with E-state index in [1.807, 2.05) is 24.3 Å². The van der Waals surface area contributed by atoms with Crippen molar-refractivity contribution in [1.82, 2.24) is 9.88 Å². The molecule has 1 aromatic heterocycles. The second kappa shape index (κ2) is 6.70. The van der Waals surface area contributed by atoms with E-state index in [9.17, 15) is 5.11 Å². The van der Waals surface area contributed by atoms with Gasteiger partial charge in [-0.05, 0) is 24.3 Å². The molecule has 1 aliphatic rings. The van der Waals surface area contributed by atoms with Crippen LogP contribution in [0.15, 0.2) is 54.7 Å². The zero-order valence-electron chi connectivity index (χ0n) is 12.1. The van der Waals surface area contributed by atoms with Crippen molar-refractivity contribution < 1.29 is 5.11 Å². The summed E-state index contributed by atoms with van der Waals surface area (Å²) in [5, 5.41) is 10.2. The van der Waals surface area contributed by atoms with E-state index in [4.69, 9.17) is 0 Å². The number of rotatable bonds is 4. The number of anilines is 1. The van der Waals surface area contributed by atoms with Crippen LogP contribution in [0.2, 0.25) is 0 Å². The van der Waals surface area contributed by atoms with Gasteiger partial charge in [0.1, 0.15) is 6.10 Å². The normalized spacial score (nSPS) is 17.7. The molecule has 0 saturated carbocycles.